The third kappa shape index (κ3) is 2.38. The number of carbonyl (C=O) groups is 1. The molecule has 2 N–H and O–H groups in total. The van der Waals surface area contributed by atoms with Crippen molar-refractivity contribution >= 4 is 5.78 Å². The lowest BCUT2D eigenvalue weighted by molar-refractivity contribution is 0.0842. The Morgan fingerprint density at radius 2 is 1.74 bits per heavy atom. The van der Waals surface area contributed by atoms with Crippen molar-refractivity contribution in [1.29, 1.82) is 0 Å². The Bertz CT molecular complexity index is 777. The number of hydrogen-bond donors (Lipinski definition) is 2. The summed E-state index contributed by atoms with van der Waals surface area (Å²) in [6.45, 7) is 3.24. The SMILES string of the molecule is COc1ccc([C@H]2CC(=O)c3c(O)c(C)c(O)c(C)c3O2)cc1. The maximum absolute atomic E-state index is 12.5. The van der Waals surface area contributed by atoms with E-state index in [1.807, 2.05) is 12.1 Å². The minimum atomic E-state index is -0.457. The van der Waals surface area contributed by atoms with Gasteiger partial charge in [-0.3, -0.25) is 4.79 Å². The molecule has 120 valence electrons. The predicted molar refractivity (Wildman–Crippen MR) is 84.6 cm³/mol. The number of hydrogen-bond acceptors (Lipinski definition) is 5. The topological polar surface area (TPSA) is 76.0 Å². The Labute approximate surface area is 134 Å². The molecular weight excluding hydrogens is 296 g/mol. The van der Waals surface area contributed by atoms with Crippen LogP contribution in [-0.4, -0.2) is 23.1 Å². The van der Waals surface area contributed by atoms with Gasteiger partial charge in [0.2, 0.25) is 0 Å². The smallest absolute Gasteiger partial charge is 0.174 e. The van der Waals surface area contributed by atoms with Crippen LogP contribution in [-0.2, 0) is 0 Å². The molecule has 2 aromatic rings. The molecule has 5 nitrogen and oxygen atoms in total. The highest BCUT2D eigenvalue weighted by Crippen LogP contribution is 2.47. The molecule has 0 amide bonds. The number of fused-ring (bicyclic) bond motifs is 1. The van der Waals surface area contributed by atoms with Crippen molar-refractivity contribution in [1.82, 2.24) is 0 Å². The van der Waals surface area contributed by atoms with Gasteiger partial charge in [-0.1, -0.05) is 12.1 Å². The number of ether oxygens (including phenoxy) is 2. The van der Waals surface area contributed by atoms with Gasteiger partial charge in [-0.25, -0.2) is 0 Å². The van der Waals surface area contributed by atoms with E-state index in [1.165, 1.54) is 0 Å². The van der Waals surface area contributed by atoms with Crippen LogP contribution in [0.25, 0.3) is 0 Å². The Morgan fingerprint density at radius 1 is 1.09 bits per heavy atom. The maximum atomic E-state index is 12.5. The highest BCUT2D eigenvalue weighted by Gasteiger charge is 2.33. The van der Waals surface area contributed by atoms with E-state index >= 15 is 0 Å². The monoisotopic (exact) mass is 314 g/mol. The summed E-state index contributed by atoms with van der Waals surface area (Å²) in [4.78, 5) is 12.5. The Kier molecular flexibility index (Phi) is 3.64. The number of phenols is 2. The summed E-state index contributed by atoms with van der Waals surface area (Å²) < 4.78 is 11.1. The van der Waals surface area contributed by atoms with E-state index < -0.39 is 6.10 Å². The lowest BCUT2D eigenvalue weighted by atomic mass is 9.92. The van der Waals surface area contributed by atoms with Crippen molar-refractivity contribution in [2.45, 2.75) is 26.4 Å². The Morgan fingerprint density at radius 3 is 2.35 bits per heavy atom. The molecule has 5 heteroatoms. The van der Waals surface area contributed by atoms with E-state index in [9.17, 15) is 15.0 Å². The zero-order chi connectivity index (χ0) is 16.7. The van der Waals surface area contributed by atoms with Crippen LogP contribution in [0.3, 0.4) is 0 Å². The molecule has 3 rings (SSSR count). The molecule has 1 aliphatic heterocycles. The largest absolute Gasteiger partial charge is 0.507 e. The van der Waals surface area contributed by atoms with Crippen LogP contribution < -0.4 is 9.47 Å². The third-order valence-corrected chi connectivity index (χ3v) is 4.27. The zero-order valence-corrected chi connectivity index (χ0v) is 13.2. The highest BCUT2D eigenvalue weighted by molar-refractivity contribution is 6.03. The minimum Gasteiger partial charge on any atom is -0.507 e. The minimum absolute atomic E-state index is 0.0515. The first kappa shape index (κ1) is 15.2. The molecule has 1 aliphatic rings. The molecule has 23 heavy (non-hydrogen) atoms. The highest BCUT2D eigenvalue weighted by atomic mass is 16.5. The number of Topliss-reactive ketones (excluding diaryl/α,β-unsaturated/α-hetero) is 1. The molecular formula is C18H18O5. The standard InChI is InChI=1S/C18H18O5/c1-9-16(20)10(2)18-15(17(9)21)13(19)8-14(23-18)11-4-6-12(22-3)7-5-11/h4-7,14,20-21H,8H2,1-3H3/t14-/m1/s1. The van der Waals surface area contributed by atoms with Gasteiger partial charge in [0, 0.05) is 11.1 Å². The van der Waals surface area contributed by atoms with Crippen LogP contribution in [0, 0.1) is 13.8 Å². The van der Waals surface area contributed by atoms with E-state index in [1.54, 1.807) is 33.1 Å². The lowest BCUT2D eigenvalue weighted by Crippen LogP contribution is -2.21. The van der Waals surface area contributed by atoms with E-state index in [0.29, 0.717) is 11.1 Å². The second-order valence-corrected chi connectivity index (χ2v) is 5.66. The molecule has 0 spiro atoms. The second-order valence-electron chi connectivity index (χ2n) is 5.66. The summed E-state index contributed by atoms with van der Waals surface area (Å²) >= 11 is 0. The van der Waals surface area contributed by atoms with Crippen molar-refractivity contribution in [3.05, 3.63) is 46.5 Å². The van der Waals surface area contributed by atoms with Crippen LogP contribution >= 0.6 is 0 Å². The number of carbonyl (C=O) groups excluding carboxylic acids is 1. The Balaban J connectivity index is 2.05. The van der Waals surface area contributed by atoms with Crippen molar-refractivity contribution < 1.29 is 24.5 Å². The number of methoxy groups -OCH3 is 1. The number of rotatable bonds is 2. The summed E-state index contributed by atoms with van der Waals surface area (Å²) in [5.41, 5.74) is 1.74. The number of ketones is 1. The van der Waals surface area contributed by atoms with Gasteiger partial charge in [0.15, 0.2) is 5.78 Å². The van der Waals surface area contributed by atoms with Gasteiger partial charge in [-0.05, 0) is 31.5 Å². The first-order chi connectivity index (χ1) is 10.9. The van der Waals surface area contributed by atoms with Gasteiger partial charge in [0.05, 0.1) is 13.5 Å². The normalized spacial score (nSPS) is 16.7. The van der Waals surface area contributed by atoms with Gasteiger partial charge < -0.3 is 19.7 Å². The average Bonchev–Trinajstić information content (AvgIpc) is 2.57. The van der Waals surface area contributed by atoms with Crippen LogP contribution in [0.4, 0.5) is 0 Å². The fraction of sp³-hybridized carbons (Fsp3) is 0.278. The molecule has 0 saturated heterocycles. The average molecular weight is 314 g/mol. The van der Waals surface area contributed by atoms with Crippen LogP contribution in [0.5, 0.6) is 23.0 Å². The summed E-state index contributed by atoms with van der Waals surface area (Å²) in [5.74, 6) is 0.516. The van der Waals surface area contributed by atoms with Gasteiger partial charge >= 0.3 is 0 Å². The molecule has 1 heterocycles. The van der Waals surface area contributed by atoms with Crippen LogP contribution in [0.15, 0.2) is 24.3 Å². The molecule has 0 radical (unpaired) electrons. The van der Waals surface area contributed by atoms with Gasteiger partial charge in [-0.2, -0.15) is 0 Å². The molecule has 1 atom stereocenters. The third-order valence-electron chi connectivity index (χ3n) is 4.27. The van der Waals surface area contributed by atoms with Gasteiger partial charge in [0.1, 0.15) is 34.7 Å². The van der Waals surface area contributed by atoms with E-state index in [2.05, 4.69) is 0 Å². The van der Waals surface area contributed by atoms with Crippen molar-refractivity contribution in [3.63, 3.8) is 0 Å². The quantitative estimate of drug-likeness (QED) is 0.888. The fourth-order valence-electron chi connectivity index (χ4n) is 2.85. The number of aromatic hydroxyl groups is 2. The molecule has 0 saturated carbocycles. The fourth-order valence-corrected chi connectivity index (χ4v) is 2.85. The van der Waals surface area contributed by atoms with Crippen LogP contribution in [0.2, 0.25) is 0 Å². The van der Waals surface area contributed by atoms with E-state index in [0.717, 1.165) is 11.3 Å². The van der Waals surface area contributed by atoms with Crippen molar-refractivity contribution in [2.75, 3.05) is 7.11 Å². The second kappa shape index (κ2) is 5.50. The molecule has 0 bridgehead atoms. The Hall–Kier alpha value is -2.69. The summed E-state index contributed by atoms with van der Waals surface area (Å²) in [6, 6.07) is 7.28. The first-order valence-corrected chi connectivity index (χ1v) is 7.33. The zero-order valence-electron chi connectivity index (χ0n) is 13.2. The molecule has 0 unspecified atom stereocenters. The van der Waals surface area contributed by atoms with Crippen LogP contribution in [0.1, 0.15) is 39.6 Å². The summed E-state index contributed by atoms with van der Waals surface area (Å²) in [7, 11) is 1.59. The number of benzene rings is 2. The van der Waals surface area contributed by atoms with Gasteiger partial charge in [-0.15, -0.1) is 0 Å². The molecule has 0 aliphatic carbocycles. The van der Waals surface area contributed by atoms with Gasteiger partial charge in [0.25, 0.3) is 0 Å². The maximum Gasteiger partial charge on any atom is 0.174 e. The molecule has 0 fully saturated rings. The van der Waals surface area contributed by atoms with Crippen molar-refractivity contribution in [2.24, 2.45) is 0 Å². The van der Waals surface area contributed by atoms with E-state index in [-0.39, 0.29) is 35.0 Å². The summed E-state index contributed by atoms with van der Waals surface area (Å²) in [6.07, 6.45) is -0.322. The molecule has 0 aromatic heterocycles. The van der Waals surface area contributed by atoms with E-state index in [4.69, 9.17) is 9.47 Å². The summed E-state index contributed by atoms with van der Waals surface area (Å²) in [5, 5.41) is 20.3. The molecule has 2 aromatic carbocycles. The number of phenolic OH excluding ortho intramolecular Hbond substituents is 2. The lowest BCUT2D eigenvalue weighted by Gasteiger charge is -2.28. The van der Waals surface area contributed by atoms with Crippen molar-refractivity contribution in [3.8, 4) is 23.0 Å². The predicted octanol–water partition coefficient (Wildman–Crippen LogP) is 3.43. The first-order valence-electron chi connectivity index (χ1n) is 7.33.